The molecule has 1 aliphatic carbocycles. The second kappa shape index (κ2) is 4.11. The molecule has 2 N–H and O–H groups in total. The number of rotatable bonds is 3. The van der Waals surface area contributed by atoms with E-state index in [0.717, 1.165) is 18.3 Å². The Morgan fingerprint density at radius 3 is 3.12 bits per heavy atom. The van der Waals surface area contributed by atoms with Gasteiger partial charge in [-0.1, -0.05) is 6.07 Å². The van der Waals surface area contributed by atoms with Gasteiger partial charge in [-0.05, 0) is 30.5 Å². The van der Waals surface area contributed by atoms with Gasteiger partial charge in [0.05, 0.1) is 11.4 Å². The summed E-state index contributed by atoms with van der Waals surface area (Å²) in [4.78, 5) is 12.4. The van der Waals surface area contributed by atoms with Crippen LogP contribution in [0.4, 0.5) is 5.69 Å². The molecule has 0 saturated heterocycles. The third-order valence-corrected chi connectivity index (χ3v) is 3.91. The van der Waals surface area contributed by atoms with Gasteiger partial charge in [-0.15, -0.1) is 11.8 Å². The van der Waals surface area contributed by atoms with E-state index in [0.29, 0.717) is 5.75 Å². The van der Waals surface area contributed by atoms with Crippen molar-refractivity contribution >= 4 is 23.4 Å². The summed E-state index contributed by atoms with van der Waals surface area (Å²) in [5.74, 6) is 0.633. The monoisotopic (exact) mass is 234 g/mol. The van der Waals surface area contributed by atoms with Crippen molar-refractivity contribution in [3.05, 3.63) is 23.8 Å². The molecular formula is C12H14N2OS. The molecule has 3 nitrogen and oxygen atoms in total. The first-order valence-corrected chi connectivity index (χ1v) is 6.59. The quantitative estimate of drug-likeness (QED) is 0.840. The summed E-state index contributed by atoms with van der Waals surface area (Å²) in [5, 5.41) is 6.38. The summed E-state index contributed by atoms with van der Waals surface area (Å²) >= 11 is 1.62. The normalized spacial score (nSPS) is 19.1. The molecule has 0 atom stereocenters. The number of carbonyl (C=O) groups excluding carboxylic acids is 1. The highest BCUT2D eigenvalue weighted by molar-refractivity contribution is 8.00. The lowest BCUT2D eigenvalue weighted by molar-refractivity contribution is -0.113. The molecule has 3 rings (SSSR count). The molecule has 1 heterocycles. The van der Waals surface area contributed by atoms with Gasteiger partial charge in [0.2, 0.25) is 5.91 Å². The summed E-state index contributed by atoms with van der Waals surface area (Å²) in [7, 11) is 0. The molecule has 1 aromatic carbocycles. The van der Waals surface area contributed by atoms with Crippen LogP contribution in [0.2, 0.25) is 0 Å². The Balaban J connectivity index is 1.73. The van der Waals surface area contributed by atoms with Gasteiger partial charge in [0.1, 0.15) is 0 Å². The standard InChI is InChI=1S/C12H14N2OS/c15-12-7-16-11-5-8(1-4-10(11)14-12)6-13-9-2-3-9/h1,4-5,9,13H,2-3,6-7H2,(H,14,15). The number of benzene rings is 1. The Kier molecular flexibility index (Phi) is 2.61. The van der Waals surface area contributed by atoms with E-state index in [4.69, 9.17) is 0 Å². The van der Waals surface area contributed by atoms with E-state index < -0.39 is 0 Å². The van der Waals surface area contributed by atoms with Gasteiger partial charge < -0.3 is 10.6 Å². The van der Waals surface area contributed by atoms with E-state index in [-0.39, 0.29) is 5.91 Å². The average Bonchev–Trinajstić information content (AvgIpc) is 3.10. The van der Waals surface area contributed by atoms with Crippen molar-refractivity contribution in [3.63, 3.8) is 0 Å². The van der Waals surface area contributed by atoms with Crippen molar-refractivity contribution < 1.29 is 4.79 Å². The fourth-order valence-electron chi connectivity index (χ4n) is 1.78. The van der Waals surface area contributed by atoms with E-state index >= 15 is 0 Å². The molecule has 16 heavy (non-hydrogen) atoms. The number of anilines is 1. The highest BCUT2D eigenvalue weighted by Gasteiger charge is 2.20. The Morgan fingerprint density at radius 2 is 2.31 bits per heavy atom. The first-order valence-electron chi connectivity index (χ1n) is 5.60. The van der Waals surface area contributed by atoms with Gasteiger partial charge in [-0.25, -0.2) is 0 Å². The third kappa shape index (κ3) is 2.23. The Bertz CT molecular complexity index is 429. The summed E-state index contributed by atoms with van der Waals surface area (Å²) < 4.78 is 0. The Labute approximate surface area is 99.0 Å². The third-order valence-electron chi connectivity index (χ3n) is 2.85. The smallest absolute Gasteiger partial charge is 0.234 e. The van der Waals surface area contributed by atoms with Crippen molar-refractivity contribution in [3.8, 4) is 0 Å². The molecule has 0 spiro atoms. The van der Waals surface area contributed by atoms with Crippen molar-refractivity contribution in [2.45, 2.75) is 30.3 Å². The molecule has 84 valence electrons. The zero-order chi connectivity index (χ0) is 11.0. The van der Waals surface area contributed by atoms with Crippen LogP contribution in [0.25, 0.3) is 0 Å². The highest BCUT2D eigenvalue weighted by Crippen LogP contribution is 2.32. The molecule has 1 aromatic rings. The van der Waals surface area contributed by atoms with Crippen LogP contribution in [-0.4, -0.2) is 17.7 Å². The molecule has 1 amide bonds. The molecule has 0 bridgehead atoms. The number of nitrogens with one attached hydrogen (secondary N) is 2. The summed E-state index contributed by atoms with van der Waals surface area (Å²) in [6.45, 7) is 0.937. The summed E-state index contributed by atoms with van der Waals surface area (Å²) in [5.41, 5.74) is 2.26. The van der Waals surface area contributed by atoms with Crippen molar-refractivity contribution in [1.29, 1.82) is 0 Å². The molecule has 0 unspecified atom stereocenters. The minimum atomic E-state index is 0.0985. The molecule has 0 radical (unpaired) electrons. The van der Waals surface area contributed by atoms with Crippen LogP contribution in [-0.2, 0) is 11.3 Å². The number of fused-ring (bicyclic) bond motifs is 1. The van der Waals surface area contributed by atoms with Gasteiger partial charge in [-0.2, -0.15) is 0 Å². The predicted octanol–water partition coefficient (Wildman–Crippen LogP) is 1.98. The lowest BCUT2D eigenvalue weighted by Crippen LogP contribution is -2.19. The first kappa shape index (κ1) is 10.2. The minimum Gasteiger partial charge on any atom is -0.324 e. The van der Waals surface area contributed by atoms with E-state index in [1.54, 1.807) is 11.8 Å². The topological polar surface area (TPSA) is 41.1 Å². The van der Waals surface area contributed by atoms with E-state index in [9.17, 15) is 4.79 Å². The van der Waals surface area contributed by atoms with Crippen LogP contribution in [0.5, 0.6) is 0 Å². The van der Waals surface area contributed by atoms with Crippen LogP contribution in [0, 0.1) is 0 Å². The van der Waals surface area contributed by atoms with Gasteiger partial charge in [0.25, 0.3) is 0 Å². The maximum atomic E-state index is 11.2. The van der Waals surface area contributed by atoms with Crippen molar-refractivity contribution in [1.82, 2.24) is 5.32 Å². The highest BCUT2D eigenvalue weighted by atomic mass is 32.2. The second-order valence-corrected chi connectivity index (χ2v) is 5.34. The fourth-order valence-corrected chi connectivity index (χ4v) is 2.65. The largest absolute Gasteiger partial charge is 0.324 e. The SMILES string of the molecule is O=C1CSc2cc(CNC3CC3)ccc2N1. The minimum absolute atomic E-state index is 0.0985. The lowest BCUT2D eigenvalue weighted by atomic mass is 10.2. The Morgan fingerprint density at radius 1 is 1.44 bits per heavy atom. The molecule has 2 aliphatic rings. The van der Waals surface area contributed by atoms with Crippen LogP contribution >= 0.6 is 11.8 Å². The average molecular weight is 234 g/mol. The van der Waals surface area contributed by atoms with Crippen molar-refractivity contribution in [2.24, 2.45) is 0 Å². The number of carbonyl (C=O) groups is 1. The number of hydrogen-bond donors (Lipinski definition) is 2. The van der Waals surface area contributed by atoms with Crippen LogP contribution in [0.1, 0.15) is 18.4 Å². The fraction of sp³-hybridized carbons (Fsp3) is 0.417. The molecule has 1 saturated carbocycles. The summed E-state index contributed by atoms with van der Waals surface area (Å²) in [6, 6.07) is 7.00. The zero-order valence-corrected chi connectivity index (χ0v) is 9.77. The summed E-state index contributed by atoms with van der Waals surface area (Å²) in [6.07, 6.45) is 2.63. The van der Waals surface area contributed by atoms with E-state index in [2.05, 4.69) is 22.8 Å². The van der Waals surface area contributed by atoms with Gasteiger partial charge >= 0.3 is 0 Å². The molecule has 1 aliphatic heterocycles. The second-order valence-electron chi connectivity index (χ2n) is 4.32. The van der Waals surface area contributed by atoms with Crippen LogP contribution in [0.15, 0.2) is 23.1 Å². The molecular weight excluding hydrogens is 220 g/mol. The number of amides is 1. The maximum absolute atomic E-state index is 11.2. The first-order chi connectivity index (χ1) is 7.81. The van der Waals surface area contributed by atoms with E-state index in [1.165, 1.54) is 23.3 Å². The molecule has 0 aromatic heterocycles. The number of thioether (sulfide) groups is 1. The van der Waals surface area contributed by atoms with Crippen LogP contribution < -0.4 is 10.6 Å². The van der Waals surface area contributed by atoms with Crippen LogP contribution in [0.3, 0.4) is 0 Å². The van der Waals surface area contributed by atoms with Crippen molar-refractivity contribution in [2.75, 3.05) is 11.1 Å². The lowest BCUT2D eigenvalue weighted by Gasteiger charge is -2.17. The van der Waals surface area contributed by atoms with E-state index in [1.807, 2.05) is 6.07 Å². The predicted molar refractivity (Wildman–Crippen MR) is 65.7 cm³/mol. The maximum Gasteiger partial charge on any atom is 0.234 e. The molecule has 1 fully saturated rings. The van der Waals surface area contributed by atoms with Gasteiger partial charge in [0.15, 0.2) is 0 Å². The molecule has 4 heteroatoms. The van der Waals surface area contributed by atoms with Gasteiger partial charge in [-0.3, -0.25) is 4.79 Å². The van der Waals surface area contributed by atoms with Gasteiger partial charge in [0, 0.05) is 17.5 Å². The Hall–Kier alpha value is -1.00. The zero-order valence-electron chi connectivity index (χ0n) is 8.95. The number of hydrogen-bond acceptors (Lipinski definition) is 3.